The van der Waals surface area contributed by atoms with Gasteiger partial charge in [0.2, 0.25) is 5.91 Å². The molecular weight excluding hydrogens is 206 g/mol. The van der Waals surface area contributed by atoms with Crippen LogP contribution in [0.25, 0.3) is 0 Å². The summed E-state index contributed by atoms with van der Waals surface area (Å²) in [6.07, 6.45) is 4.58. The van der Waals surface area contributed by atoms with Gasteiger partial charge in [-0.25, -0.2) is 0 Å². The van der Waals surface area contributed by atoms with Crippen LogP contribution in [0.1, 0.15) is 52.4 Å². The van der Waals surface area contributed by atoms with Gasteiger partial charge in [0.05, 0.1) is 6.42 Å². The van der Waals surface area contributed by atoms with Gasteiger partial charge in [0.15, 0.2) is 0 Å². The van der Waals surface area contributed by atoms with Crippen LogP contribution in [0.5, 0.6) is 0 Å². The largest absolute Gasteiger partial charge is 0.481 e. The maximum atomic E-state index is 11.6. The first kappa shape index (κ1) is 13.0. The van der Waals surface area contributed by atoms with Gasteiger partial charge in [-0.1, -0.05) is 19.8 Å². The summed E-state index contributed by atoms with van der Waals surface area (Å²) in [5.41, 5.74) is -0.605. The fourth-order valence-electron chi connectivity index (χ4n) is 1.73. The highest BCUT2D eigenvalue weighted by Crippen LogP contribution is 2.33. The van der Waals surface area contributed by atoms with Crippen molar-refractivity contribution in [2.45, 2.75) is 57.9 Å². The van der Waals surface area contributed by atoms with Crippen molar-refractivity contribution in [1.29, 1.82) is 0 Å². The van der Waals surface area contributed by atoms with E-state index in [1.54, 1.807) is 6.92 Å². The van der Waals surface area contributed by atoms with Gasteiger partial charge >= 0.3 is 5.97 Å². The number of carbonyl (C=O) groups excluding carboxylic acids is 1. The maximum Gasteiger partial charge on any atom is 0.305 e. The van der Waals surface area contributed by atoms with Gasteiger partial charge in [-0.2, -0.15) is 0 Å². The summed E-state index contributed by atoms with van der Waals surface area (Å²) in [6.45, 7) is 3.68. The van der Waals surface area contributed by atoms with Crippen LogP contribution >= 0.6 is 0 Å². The Hall–Kier alpha value is -1.06. The Balaban J connectivity index is 2.34. The van der Waals surface area contributed by atoms with Gasteiger partial charge in [0.25, 0.3) is 0 Å². The summed E-state index contributed by atoms with van der Waals surface area (Å²) in [4.78, 5) is 22.3. The molecule has 0 bridgehead atoms. The van der Waals surface area contributed by atoms with Crippen LogP contribution in [0, 0.1) is 5.92 Å². The van der Waals surface area contributed by atoms with Crippen LogP contribution in [0.15, 0.2) is 0 Å². The molecule has 1 fully saturated rings. The number of amides is 1. The monoisotopic (exact) mass is 227 g/mol. The summed E-state index contributed by atoms with van der Waals surface area (Å²) in [5, 5.41) is 11.6. The van der Waals surface area contributed by atoms with Gasteiger partial charge in [0, 0.05) is 12.0 Å². The zero-order valence-electron chi connectivity index (χ0n) is 10.1. The zero-order chi connectivity index (χ0) is 12.2. The third-order valence-electron chi connectivity index (χ3n) is 3.24. The molecule has 16 heavy (non-hydrogen) atoms. The van der Waals surface area contributed by atoms with Crippen molar-refractivity contribution < 1.29 is 14.7 Å². The minimum absolute atomic E-state index is 0.0152. The summed E-state index contributed by atoms with van der Waals surface area (Å²) < 4.78 is 0. The standard InChI is InChI=1S/C12H21NO3/c1-3-12(2,8-11(15)16)13-10(14)7-6-9-4-5-9/h9H,3-8H2,1-2H3,(H,13,14)(H,15,16). The lowest BCUT2D eigenvalue weighted by Gasteiger charge is -2.27. The molecule has 0 radical (unpaired) electrons. The molecule has 0 heterocycles. The molecular formula is C12H21NO3. The Morgan fingerprint density at radius 3 is 2.50 bits per heavy atom. The van der Waals surface area contributed by atoms with Crippen molar-refractivity contribution in [3.63, 3.8) is 0 Å². The van der Waals surface area contributed by atoms with Gasteiger partial charge in [-0.05, 0) is 25.7 Å². The molecule has 1 saturated carbocycles. The van der Waals surface area contributed by atoms with E-state index in [1.807, 2.05) is 6.92 Å². The zero-order valence-corrected chi connectivity index (χ0v) is 10.1. The Bertz CT molecular complexity index is 273. The molecule has 4 heteroatoms. The molecule has 0 aromatic carbocycles. The van der Waals surface area contributed by atoms with Gasteiger partial charge in [-0.15, -0.1) is 0 Å². The van der Waals surface area contributed by atoms with E-state index in [1.165, 1.54) is 12.8 Å². The van der Waals surface area contributed by atoms with Gasteiger partial charge in [0.1, 0.15) is 0 Å². The fraction of sp³-hybridized carbons (Fsp3) is 0.833. The molecule has 1 unspecified atom stereocenters. The van der Waals surface area contributed by atoms with Crippen LogP contribution in [0.3, 0.4) is 0 Å². The minimum Gasteiger partial charge on any atom is -0.481 e. The lowest BCUT2D eigenvalue weighted by molar-refractivity contribution is -0.139. The highest BCUT2D eigenvalue weighted by Gasteiger charge is 2.28. The molecule has 4 nitrogen and oxygen atoms in total. The summed E-state index contributed by atoms with van der Waals surface area (Å²) >= 11 is 0. The highest BCUT2D eigenvalue weighted by atomic mass is 16.4. The molecule has 0 spiro atoms. The number of nitrogens with one attached hydrogen (secondary N) is 1. The maximum absolute atomic E-state index is 11.6. The van der Waals surface area contributed by atoms with Crippen LogP contribution in [0.2, 0.25) is 0 Å². The number of aliphatic carboxylic acids is 1. The Morgan fingerprint density at radius 1 is 1.44 bits per heavy atom. The van der Waals surface area contributed by atoms with Crippen molar-refractivity contribution in [1.82, 2.24) is 5.32 Å². The van der Waals surface area contributed by atoms with Crippen molar-refractivity contribution in [2.75, 3.05) is 0 Å². The average molecular weight is 227 g/mol. The van der Waals surface area contributed by atoms with E-state index >= 15 is 0 Å². The molecule has 1 amide bonds. The minimum atomic E-state index is -0.869. The van der Waals surface area contributed by atoms with E-state index in [0.29, 0.717) is 12.8 Å². The smallest absolute Gasteiger partial charge is 0.305 e. The summed E-state index contributed by atoms with van der Waals surface area (Å²) in [5.74, 6) is -0.151. The van der Waals surface area contributed by atoms with Crippen LogP contribution < -0.4 is 5.32 Å². The third kappa shape index (κ3) is 4.64. The van der Waals surface area contributed by atoms with Crippen LogP contribution in [-0.4, -0.2) is 22.5 Å². The molecule has 0 aromatic rings. The van der Waals surface area contributed by atoms with E-state index in [4.69, 9.17) is 5.11 Å². The Kier molecular flexibility index (Phi) is 4.33. The second-order valence-electron chi connectivity index (χ2n) is 5.01. The quantitative estimate of drug-likeness (QED) is 0.698. The lowest BCUT2D eigenvalue weighted by Crippen LogP contribution is -2.46. The van der Waals surface area contributed by atoms with Crippen LogP contribution in [-0.2, 0) is 9.59 Å². The summed E-state index contributed by atoms with van der Waals surface area (Å²) in [6, 6.07) is 0. The Morgan fingerprint density at radius 2 is 2.06 bits per heavy atom. The predicted molar refractivity (Wildman–Crippen MR) is 61.0 cm³/mol. The SMILES string of the molecule is CCC(C)(CC(=O)O)NC(=O)CCC1CC1. The number of hydrogen-bond donors (Lipinski definition) is 2. The molecule has 92 valence electrons. The molecule has 0 saturated heterocycles. The van der Waals surface area contributed by atoms with Gasteiger partial charge < -0.3 is 10.4 Å². The number of rotatable bonds is 7. The third-order valence-corrected chi connectivity index (χ3v) is 3.24. The number of hydrogen-bond acceptors (Lipinski definition) is 2. The molecule has 2 N–H and O–H groups in total. The topological polar surface area (TPSA) is 66.4 Å². The second kappa shape index (κ2) is 5.32. The van der Waals surface area contributed by atoms with E-state index < -0.39 is 11.5 Å². The molecule has 1 atom stereocenters. The highest BCUT2D eigenvalue weighted by molar-refractivity contribution is 5.78. The van der Waals surface area contributed by atoms with E-state index in [-0.39, 0.29) is 12.3 Å². The summed E-state index contributed by atoms with van der Waals surface area (Å²) in [7, 11) is 0. The molecule has 0 aliphatic heterocycles. The van der Waals surface area contributed by atoms with E-state index in [2.05, 4.69) is 5.32 Å². The molecule has 1 rings (SSSR count). The predicted octanol–water partition coefficient (Wildman–Crippen LogP) is 1.94. The Labute approximate surface area is 96.4 Å². The second-order valence-corrected chi connectivity index (χ2v) is 5.01. The van der Waals surface area contributed by atoms with Crippen LogP contribution in [0.4, 0.5) is 0 Å². The first-order valence-corrected chi connectivity index (χ1v) is 5.98. The average Bonchev–Trinajstić information content (AvgIpc) is 2.96. The first-order chi connectivity index (χ1) is 7.45. The molecule has 1 aliphatic rings. The van der Waals surface area contributed by atoms with Crippen molar-refractivity contribution in [3.05, 3.63) is 0 Å². The van der Waals surface area contributed by atoms with E-state index in [9.17, 15) is 9.59 Å². The molecule has 1 aliphatic carbocycles. The van der Waals surface area contributed by atoms with Gasteiger partial charge in [-0.3, -0.25) is 9.59 Å². The lowest BCUT2D eigenvalue weighted by atomic mass is 9.94. The number of carboxylic acids is 1. The fourth-order valence-corrected chi connectivity index (χ4v) is 1.73. The molecule has 0 aromatic heterocycles. The van der Waals surface area contributed by atoms with Crippen molar-refractivity contribution in [3.8, 4) is 0 Å². The van der Waals surface area contributed by atoms with Crippen molar-refractivity contribution >= 4 is 11.9 Å². The first-order valence-electron chi connectivity index (χ1n) is 5.98. The van der Waals surface area contributed by atoms with Crippen molar-refractivity contribution in [2.24, 2.45) is 5.92 Å². The van der Waals surface area contributed by atoms with E-state index in [0.717, 1.165) is 12.3 Å². The number of carboxylic acid groups (broad SMARTS) is 1. The number of carbonyl (C=O) groups is 2. The normalized spacial score (nSPS) is 18.9.